The molecule has 0 aromatic heterocycles. The fraction of sp³-hybridized carbons (Fsp3) is 0.357. The zero-order valence-corrected chi connectivity index (χ0v) is 47.3. The Morgan fingerprint density at radius 2 is 0.512 bits per heavy atom. The fourth-order valence-electron chi connectivity index (χ4n) is 9.25. The molecule has 0 radical (unpaired) electrons. The van der Waals surface area contributed by atoms with Crippen LogP contribution in [0.25, 0.3) is 0 Å². The lowest BCUT2D eigenvalue weighted by molar-refractivity contribution is -0.230. The predicted molar refractivity (Wildman–Crippen MR) is 284 cm³/mol. The molecule has 26 nitrogen and oxygen atoms in total. The molecule has 0 aliphatic carbocycles. The highest BCUT2D eigenvalue weighted by Crippen LogP contribution is 2.52. The summed E-state index contributed by atoms with van der Waals surface area (Å²) >= 11 is 0. The van der Waals surface area contributed by atoms with Gasteiger partial charge in [-0.1, -0.05) is 0 Å². The molecule has 0 unspecified atom stereocenters. The van der Waals surface area contributed by atoms with Crippen molar-refractivity contribution in [2.45, 2.75) is 22.4 Å². The van der Waals surface area contributed by atoms with E-state index in [-0.39, 0.29) is 51.7 Å². The number of methoxy groups -OCH3 is 15. The fourth-order valence-corrected chi connectivity index (χ4v) is 9.25. The second-order valence-electron chi connectivity index (χ2n) is 17.2. The SMILES string of the molecule is COc1cc(C(=O)C(=O)[C@@](O)(C(=O)c2cc(OC)c(OC)c(OC)c2)[C@](O)(C(=O)c2cc(OC)c(OC)c(OC)c2)[C@@](O)(C(=O)c2cc(OC)c(OC)c(OC)c2)[C@](O)(CO)C(=O)c2cc(OC)c(OC)c(OC)c2)cc(OC)c1OC. The van der Waals surface area contributed by atoms with Crippen LogP contribution in [0.15, 0.2) is 60.7 Å². The number of carbonyl (C=O) groups is 6. The van der Waals surface area contributed by atoms with Gasteiger partial charge in [0.2, 0.25) is 80.3 Å². The molecule has 4 atom stereocenters. The van der Waals surface area contributed by atoms with Crippen molar-refractivity contribution in [1.82, 2.24) is 0 Å². The van der Waals surface area contributed by atoms with E-state index in [0.717, 1.165) is 153 Å². The summed E-state index contributed by atoms with van der Waals surface area (Å²) in [6, 6.07) is 7.84. The van der Waals surface area contributed by atoms with Crippen LogP contribution in [-0.4, -0.2) is 196 Å². The molecule has 0 bridgehead atoms. The van der Waals surface area contributed by atoms with Crippen molar-refractivity contribution in [2.75, 3.05) is 113 Å². The van der Waals surface area contributed by atoms with Crippen molar-refractivity contribution >= 4 is 34.7 Å². The second kappa shape index (κ2) is 25.6. The molecule has 0 fully saturated rings. The third kappa shape index (κ3) is 10.1. The molecule has 5 aromatic carbocycles. The molecule has 82 heavy (non-hydrogen) atoms. The second-order valence-corrected chi connectivity index (χ2v) is 17.2. The van der Waals surface area contributed by atoms with Gasteiger partial charge in [0.15, 0.2) is 63.1 Å². The van der Waals surface area contributed by atoms with Gasteiger partial charge >= 0.3 is 0 Å². The molecule has 26 heteroatoms. The van der Waals surface area contributed by atoms with Gasteiger partial charge in [-0.25, -0.2) is 0 Å². The number of aliphatic hydroxyl groups is 5. The Hall–Kier alpha value is -9.08. The molecule has 0 amide bonds. The molecule has 0 heterocycles. The molecule has 0 saturated carbocycles. The number of hydrogen-bond donors (Lipinski definition) is 5. The maximum Gasteiger partial charge on any atom is 0.246 e. The summed E-state index contributed by atoms with van der Waals surface area (Å²) in [5.41, 5.74) is -25.2. The summed E-state index contributed by atoms with van der Waals surface area (Å²) in [7, 11) is 16.7. The normalized spacial score (nSPS) is 13.9. The highest BCUT2D eigenvalue weighted by Gasteiger charge is 2.82. The summed E-state index contributed by atoms with van der Waals surface area (Å²) in [6.45, 7) is -2.30. The number of ketones is 6. The third-order valence-corrected chi connectivity index (χ3v) is 13.4. The number of carbonyl (C=O) groups excluding carboxylic acids is 6. The standard InChI is InChI=1S/C56H62O26/c1-68-32-16-27(17-33(69-2)43(32)78-11)42(58)52(63)54(65,49(60)29-20-36(72-5)45(80-13)37(21-29)73-6)56(67,51(62)31-24-40(76-9)47(82-15)41(25-31)77-10)55(66,50(61)30-22-38(74-7)46(81-14)39(23-30)75-8)53(64,26-57)48(59)28-18-34(70-3)44(79-12)35(19-28)71-4/h16-25,57,64-67H,26H2,1-15H3/t53-,54-,55+,56+/m0/s1. The van der Waals surface area contributed by atoms with E-state index >= 15 is 28.8 Å². The van der Waals surface area contributed by atoms with Gasteiger partial charge in [0.1, 0.15) is 0 Å². The highest BCUT2D eigenvalue weighted by molar-refractivity contribution is 6.52. The van der Waals surface area contributed by atoms with Crippen LogP contribution < -0.4 is 71.1 Å². The zero-order chi connectivity index (χ0) is 61.4. The van der Waals surface area contributed by atoms with Gasteiger partial charge in [-0.3, -0.25) is 28.8 Å². The van der Waals surface area contributed by atoms with Gasteiger partial charge in [0, 0.05) is 27.8 Å². The average molecular weight is 1150 g/mol. The molecule has 0 saturated heterocycles. The van der Waals surface area contributed by atoms with E-state index in [4.69, 9.17) is 71.1 Å². The van der Waals surface area contributed by atoms with E-state index in [0.29, 0.717) is 0 Å². The molecule has 0 aliphatic rings. The lowest BCUT2D eigenvalue weighted by Crippen LogP contribution is -2.86. The molecule has 0 aliphatic heterocycles. The maximum atomic E-state index is 16.6. The average Bonchev–Trinajstić information content (AvgIpc) is 2.03. The Morgan fingerprint density at radius 1 is 0.305 bits per heavy atom. The molecule has 442 valence electrons. The van der Waals surface area contributed by atoms with E-state index in [9.17, 15) is 25.5 Å². The van der Waals surface area contributed by atoms with Crippen molar-refractivity contribution in [3.63, 3.8) is 0 Å². The van der Waals surface area contributed by atoms with Crippen molar-refractivity contribution in [3.05, 3.63) is 88.5 Å². The predicted octanol–water partition coefficient (Wildman–Crippen LogP) is 3.02. The van der Waals surface area contributed by atoms with Gasteiger partial charge in [-0.05, 0) is 60.7 Å². The van der Waals surface area contributed by atoms with Crippen molar-refractivity contribution in [2.24, 2.45) is 0 Å². The summed E-state index contributed by atoms with van der Waals surface area (Å²) < 4.78 is 81.5. The van der Waals surface area contributed by atoms with Crippen LogP contribution in [0.3, 0.4) is 0 Å². The first-order chi connectivity index (χ1) is 38.9. The lowest BCUT2D eigenvalue weighted by atomic mass is 9.54. The minimum Gasteiger partial charge on any atom is -0.493 e. The van der Waals surface area contributed by atoms with Gasteiger partial charge in [0.25, 0.3) is 0 Å². The van der Waals surface area contributed by atoms with Crippen LogP contribution >= 0.6 is 0 Å². The first kappa shape index (κ1) is 63.7. The largest absolute Gasteiger partial charge is 0.493 e. The first-order valence-electron chi connectivity index (χ1n) is 23.7. The van der Waals surface area contributed by atoms with Crippen LogP contribution in [0.5, 0.6) is 86.2 Å². The molecule has 0 spiro atoms. The Labute approximate surface area is 469 Å². The van der Waals surface area contributed by atoms with Crippen LogP contribution in [0.1, 0.15) is 51.8 Å². The summed E-state index contributed by atoms with van der Waals surface area (Å²) in [6.07, 6.45) is 0. The Balaban J connectivity index is 2.24. The summed E-state index contributed by atoms with van der Waals surface area (Å²) in [4.78, 5) is 96.5. The molecule has 5 aromatic rings. The lowest BCUT2D eigenvalue weighted by Gasteiger charge is -2.53. The Bertz CT molecular complexity index is 3150. The number of hydrogen-bond acceptors (Lipinski definition) is 26. The first-order valence-corrected chi connectivity index (χ1v) is 23.7. The van der Waals surface area contributed by atoms with Crippen LogP contribution in [0.2, 0.25) is 0 Å². The summed E-state index contributed by atoms with van der Waals surface area (Å²) in [5.74, 6) is -18.8. The Kier molecular flexibility index (Phi) is 19.9. The molecular weight excluding hydrogens is 1090 g/mol. The monoisotopic (exact) mass is 1150 g/mol. The maximum absolute atomic E-state index is 16.6. The van der Waals surface area contributed by atoms with E-state index in [1.165, 1.54) is 14.2 Å². The van der Waals surface area contributed by atoms with Crippen LogP contribution in [-0.2, 0) is 4.79 Å². The van der Waals surface area contributed by atoms with Crippen LogP contribution in [0.4, 0.5) is 0 Å². The summed E-state index contributed by atoms with van der Waals surface area (Å²) in [5, 5.41) is 68.2. The molecular formula is C56H62O26. The van der Waals surface area contributed by atoms with Gasteiger partial charge in [0.05, 0.1) is 113 Å². The van der Waals surface area contributed by atoms with E-state index in [2.05, 4.69) is 0 Å². The van der Waals surface area contributed by atoms with Gasteiger partial charge in [-0.15, -0.1) is 0 Å². The minimum atomic E-state index is -5.33. The zero-order valence-electron chi connectivity index (χ0n) is 47.3. The smallest absolute Gasteiger partial charge is 0.246 e. The third-order valence-electron chi connectivity index (χ3n) is 13.4. The van der Waals surface area contributed by atoms with Crippen molar-refractivity contribution in [3.8, 4) is 86.2 Å². The van der Waals surface area contributed by atoms with E-state index in [1.54, 1.807) is 0 Å². The number of Topliss-reactive ketones (excluding diaryl/α,β-unsaturated/α-hetero) is 6. The number of rotatable bonds is 30. The van der Waals surface area contributed by atoms with E-state index in [1.807, 2.05) is 0 Å². The topological polar surface area (TPSA) is 342 Å². The quantitative estimate of drug-likeness (QED) is 0.0251. The number of aliphatic hydroxyl groups excluding tert-OH is 1. The van der Waals surface area contributed by atoms with Crippen LogP contribution in [0, 0.1) is 0 Å². The van der Waals surface area contributed by atoms with Gasteiger partial charge < -0.3 is 96.6 Å². The highest BCUT2D eigenvalue weighted by atomic mass is 16.6. The number of benzene rings is 5. The minimum absolute atomic E-state index is 0.171. The van der Waals surface area contributed by atoms with Gasteiger partial charge in [-0.2, -0.15) is 0 Å². The van der Waals surface area contributed by atoms with Crippen molar-refractivity contribution < 1.29 is 125 Å². The number of ether oxygens (including phenoxy) is 15. The molecule has 5 rings (SSSR count). The van der Waals surface area contributed by atoms with E-state index < -0.39 is 126 Å². The molecule has 5 N–H and O–H groups in total. The Morgan fingerprint density at radius 3 is 0.732 bits per heavy atom. The van der Waals surface area contributed by atoms with Crippen molar-refractivity contribution in [1.29, 1.82) is 0 Å².